The Hall–Kier alpha value is -3.68. The third-order valence-corrected chi connectivity index (χ3v) is 9.59. The van der Waals surface area contributed by atoms with Crippen molar-refractivity contribution in [2.24, 2.45) is 17.8 Å². The van der Waals surface area contributed by atoms with E-state index >= 15 is 0 Å². The van der Waals surface area contributed by atoms with E-state index in [0.29, 0.717) is 29.5 Å². The summed E-state index contributed by atoms with van der Waals surface area (Å²) in [5.74, 6) is -4.16. The highest BCUT2D eigenvalue weighted by atomic mass is 16.4. The molecule has 0 aliphatic carbocycles. The van der Waals surface area contributed by atoms with Crippen LogP contribution >= 0.6 is 0 Å². The summed E-state index contributed by atoms with van der Waals surface area (Å²) < 4.78 is 0. The summed E-state index contributed by atoms with van der Waals surface area (Å²) in [6.07, 6.45) is 12.3. The van der Waals surface area contributed by atoms with Gasteiger partial charge in [-0.25, -0.2) is 19.2 Å². The van der Waals surface area contributed by atoms with Crippen LogP contribution in [0.4, 0.5) is 0 Å². The minimum absolute atomic E-state index is 0.0580. The third kappa shape index (κ3) is 13.1. The molecule has 48 heavy (non-hydrogen) atoms. The lowest BCUT2D eigenvalue weighted by Crippen LogP contribution is -2.25. The molecule has 3 unspecified atom stereocenters. The van der Waals surface area contributed by atoms with E-state index in [1.807, 2.05) is 6.92 Å². The first kappa shape index (κ1) is 42.3. The van der Waals surface area contributed by atoms with E-state index in [-0.39, 0.29) is 46.4 Å². The number of benzene rings is 2. The number of carboxylic acids is 4. The topological polar surface area (TPSA) is 149 Å². The van der Waals surface area contributed by atoms with Gasteiger partial charge in [0.2, 0.25) is 0 Å². The molecule has 0 heterocycles. The normalized spacial score (nSPS) is 12.8. The van der Waals surface area contributed by atoms with E-state index in [2.05, 4.69) is 34.6 Å². The third-order valence-electron chi connectivity index (χ3n) is 9.59. The number of unbranched alkanes of at least 4 members (excludes halogenated alkanes) is 3. The molecule has 0 saturated carbocycles. The van der Waals surface area contributed by atoms with Crippen molar-refractivity contribution in [3.8, 4) is 0 Å². The first-order chi connectivity index (χ1) is 22.9. The molecule has 0 bridgehead atoms. The first-order valence-electron chi connectivity index (χ1n) is 18.1. The van der Waals surface area contributed by atoms with Crippen molar-refractivity contribution >= 4 is 23.9 Å². The molecule has 0 aromatic heterocycles. The number of carbonyl (C=O) groups is 4. The number of carboxylic acid groups (broad SMARTS) is 4. The minimum Gasteiger partial charge on any atom is -0.478 e. The van der Waals surface area contributed by atoms with Gasteiger partial charge >= 0.3 is 23.9 Å². The van der Waals surface area contributed by atoms with Gasteiger partial charge in [0, 0.05) is 0 Å². The first-order valence-corrected chi connectivity index (χ1v) is 18.1. The van der Waals surface area contributed by atoms with Crippen molar-refractivity contribution in [2.75, 3.05) is 0 Å². The van der Waals surface area contributed by atoms with Crippen LogP contribution < -0.4 is 0 Å². The molecule has 0 radical (unpaired) electrons. The summed E-state index contributed by atoms with van der Waals surface area (Å²) in [4.78, 5) is 48.8. The second kappa shape index (κ2) is 22.8. The molecule has 8 heteroatoms. The highest BCUT2D eigenvalue weighted by Gasteiger charge is 2.35. The van der Waals surface area contributed by atoms with Crippen LogP contribution in [0.3, 0.4) is 0 Å². The fourth-order valence-corrected chi connectivity index (χ4v) is 6.57. The van der Waals surface area contributed by atoms with Gasteiger partial charge in [0.05, 0.1) is 22.3 Å². The molecule has 268 valence electrons. The average molecular weight is 669 g/mol. The maximum Gasteiger partial charge on any atom is 0.336 e. The molecule has 0 fully saturated rings. The Labute approximate surface area is 288 Å². The van der Waals surface area contributed by atoms with E-state index in [1.165, 1.54) is 0 Å². The molecule has 2 aromatic rings. The lowest BCUT2D eigenvalue weighted by Gasteiger charge is -2.28. The zero-order valence-corrected chi connectivity index (χ0v) is 30.1. The van der Waals surface area contributed by atoms with E-state index in [0.717, 1.165) is 77.0 Å². The van der Waals surface area contributed by atoms with Crippen molar-refractivity contribution in [3.05, 3.63) is 69.3 Å². The lowest BCUT2D eigenvalue weighted by atomic mass is 9.75. The van der Waals surface area contributed by atoms with Crippen molar-refractivity contribution < 1.29 is 39.6 Å². The van der Waals surface area contributed by atoms with Crippen LogP contribution in [0.5, 0.6) is 0 Å². The lowest BCUT2D eigenvalue weighted by molar-refractivity contribution is 0.0645. The van der Waals surface area contributed by atoms with E-state index in [1.54, 1.807) is 30.3 Å². The Kier molecular flexibility index (Phi) is 20.1. The Morgan fingerprint density at radius 1 is 0.479 bits per heavy atom. The molecule has 3 atom stereocenters. The van der Waals surface area contributed by atoms with E-state index in [9.17, 15) is 34.5 Å². The van der Waals surface area contributed by atoms with Gasteiger partial charge in [0.15, 0.2) is 0 Å². The highest BCUT2D eigenvalue weighted by molar-refractivity contribution is 6.07. The predicted octanol–water partition coefficient (Wildman–Crippen LogP) is 10.4. The maximum absolute atomic E-state index is 13.0. The van der Waals surface area contributed by atoms with Gasteiger partial charge in [-0.05, 0) is 65.8 Å². The van der Waals surface area contributed by atoms with Gasteiger partial charge in [0.1, 0.15) is 0 Å². The van der Waals surface area contributed by atoms with Crippen LogP contribution in [0.1, 0.15) is 177 Å². The fourth-order valence-electron chi connectivity index (χ4n) is 6.57. The molecule has 0 amide bonds. The Bertz CT molecular complexity index is 1300. The summed E-state index contributed by atoms with van der Waals surface area (Å²) in [6.45, 7) is 12.5. The Balaban J connectivity index is 0.00000110. The fraction of sp³-hybridized carbons (Fsp3) is 0.600. The van der Waals surface area contributed by atoms with Crippen molar-refractivity contribution in [1.82, 2.24) is 0 Å². The average Bonchev–Trinajstić information content (AvgIpc) is 3.06. The molecule has 2 aromatic carbocycles. The van der Waals surface area contributed by atoms with Crippen molar-refractivity contribution in [3.63, 3.8) is 0 Å². The van der Waals surface area contributed by atoms with Crippen LogP contribution in [0.25, 0.3) is 0 Å². The quantitative estimate of drug-likeness (QED) is 0.0968. The smallest absolute Gasteiger partial charge is 0.336 e. The van der Waals surface area contributed by atoms with Crippen LogP contribution in [0.2, 0.25) is 0 Å². The largest absolute Gasteiger partial charge is 0.478 e. The van der Waals surface area contributed by atoms with E-state index in [4.69, 9.17) is 5.11 Å². The van der Waals surface area contributed by atoms with Gasteiger partial charge in [-0.1, -0.05) is 137 Å². The molecule has 0 spiro atoms. The number of hydrogen-bond donors (Lipinski definition) is 4. The summed E-state index contributed by atoms with van der Waals surface area (Å²) in [5.41, 5.74) is 1.13. The van der Waals surface area contributed by atoms with Crippen LogP contribution in [0, 0.1) is 17.8 Å². The second-order valence-electron chi connectivity index (χ2n) is 13.0. The van der Waals surface area contributed by atoms with Crippen LogP contribution in [-0.2, 0) is 19.3 Å². The maximum atomic E-state index is 13.0. The zero-order chi connectivity index (χ0) is 36.2. The summed E-state index contributed by atoms with van der Waals surface area (Å²) in [7, 11) is 0. The zero-order valence-electron chi connectivity index (χ0n) is 30.1. The predicted molar refractivity (Wildman–Crippen MR) is 192 cm³/mol. The SMILES string of the molecule is CCCCC(CC)Cc1c(CC(CC)CCCC)c(C(=O)O)c(C(=O)O)c(CC(CC)CCCC)c1C(=O)O.O=C(O)c1ccccc1. The Morgan fingerprint density at radius 2 is 0.812 bits per heavy atom. The van der Waals surface area contributed by atoms with Gasteiger partial charge in [-0.2, -0.15) is 0 Å². The summed E-state index contributed by atoms with van der Waals surface area (Å²) >= 11 is 0. The van der Waals surface area contributed by atoms with Gasteiger partial charge in [-0.3, -0.25) is 0 Å². The van der Waals surface area contributed by atoms with E-state index < -0.39 is 23.9 Å². The molecule has 8 nitrogen and oxygen atoms in total. The molecular weight excluding hydrogens is 608 g/mol. The van der Waals surface area contributed by atoms with Gasteiger partial charge in [-0.15, -0.1) is 0 Å². The summed E-state index contributed by atoms with van der Waals surface area (Å²) in [5, 5.41) is 39.9. The second-order valence-corrected chi connectivity index (χ2v) is 13.0. The number of rotatable bonds is 22. The van der Waals surface area contributed by atoms with Gasteiger partial charge in [0.25, 0.3) is 0 Å². The van der Waals surface area contributed by atoms with Crippen molar-refractivity contribution in [1.29, 1.82) is 0 Å². The monoisotopic (exact) mass is 668 g/mol. The number of aromatic carboxylic acids is 4. The molecule has 0 aliphatic rings. The minimum atomic E-state index is -1.34. The van der Waals surface area contributed by atoms with Crippen LogP contribution in [-0.4, -0.2) is 44.3 Å². The summed E-state index contributed by atoms with van der Waals surface area (Å²) in [6, 6.07) is 8.30. The molecule has 0 saturated heterocycles. The highest BCUT2D eigenvalue weighted by Crippen LogP contribution is 2.37. The number of hydrogen-bond acceptors (Lipinski definition) is 4. The Morgan fingerprint density at radius 3 is 1.10 bits per heavy atom. The van der Waals surface area contributed by atoms with Crippen LogP contribution in [0.15, 0.2) is 30.3 Å². The van der Waals surface area contributed by atoms with Crippen molar-refractivity contribution in [2.45, 2.75) is 138 Å². The standard InChI is InChI=1S/C33H54O6.C7H6O2/c1-7-13-16-22(10-4)19-25-26(20-23(11-5)17-14-8-2)29(32(36)37)30(33(38)39)27(28(25)31(34)35)21-24(12-6)18-15-9-3;8-7(9)6-4-2-1-3-5-6/h22-24H,7-21H2,1-6H3,(H,34,35)(H,36,37)(H,38,39);1-5H,(H,8,9). The van der Waals surface area contributed by atoms with Gasteiger partial charge < -0.3 is 20.4 Å². The molecule has 4 N–H and O–H groups in total. The molecule has 2 rings (SSSR count). The molecule has 0 aliphatic heterocycles. The molecular formula is C40H60O8.